The van der Waals surface area contributed by atoms with Crippen LogP contribution in [0.15, 0.2) is 42.5 Å². The Morgan fingerprint density at radius 2 is 1.64 bits per heavy atom. The number of ether oxygens (including phenoxy) is 2. The molecule has 2 aromatic rings. The van der Waals surface area contributed by atoms with Crippen molar-refractivity contribution in [2.24, 2.45) is 0 Å². The number of hydrogen-bond donors (Lipinski definition) is 2. The van der Waals surface area contributed by atoms with E-state index in [-0.39, 0.29) is 11.5 Å². The molecule has 1 aliphatic heterocycles. The molecule has 3 rings (SSSR count). The lowest BCUT2D eigenvalue weighted by Crippen LogP contribution is -2.25. The summed E-state index contributed by atoms with van der Waals surface area (Å²) in [5, 5.41) is 11.7. The zero-order chi connectivity index (χ0) is 17.6. The summed E-state index contributed by atoms with van der Waals surface area (Å²) in [6, 6.07) is 11.8. The number of nitrogens with one attached hydrogen (secondary N) is 1. The lowest BCUT2D eigenvalue weighted by Gasteiger charge is -2.10. The zero-order valence-corrected chi connectivity index (χ0v) is 13.7. The van der Waals surface area contributed by atoms with Gasteiger partial charge in [-0.25, -0.2) is 4.79 Å². The zero-order valence-electron chi connectivity index (χ0n) is 13.7. The van der Waals surface area contributed by atoms with Gasteiger partial charge in [-0.2, -0.15) is 0 Å². The van der Waals surface area contributed by atoms with Crippen LogP contribution in [-0.2, 0) is 6.42 Å². The maximum absolute atomic E-state index is 12.3. The lowest BCUT2D eigenvalue weighted by molar-refractivity contribution is 0.0696. The molecule has 0 bridgehead atoms. The molecule has 0 saturated heterocycles. The molecule has 0 aromatic heterocycles. The minimum Gasteiger partial charge on any atom is -0.490 e. The molecule has 1 aliphatic rings. The normalized spacial score (nSPS) is 13.0. The first-order valence-corrected chi connectivity index (χ1v) is 8.13. The molecule has 0 saturated carbocycles. The molecule has 25 heavy (non-hydrogen) atoms. The summed E-state index contributed by atoms with van der Waals surface area (Å²) in [7, 11) is 0. The molecule has 6 heteroatoms. The van der Waals surface area contributed by atoms with Gasteiger partial charge in [0.05, 0.1) is 18.8 Å². The van der Waals surface area contributed by atoms with Gasteiger partial charge >= 0.3 is 5.97 Å². The molecule has 0 unspecified atom stereocenters. The number of amides is 1. The highest BCUT2D eigenvalue weighted by atomic mass is 16.5. The van der Waals surface area contributed by atoms with E-state index in [4.69, 9.17) is 14.6 Å². The Labute approximate surface area is 145 Å². The Balaban J connectivity index is 1.55. The molecule has 2 N–H and O–H groups in total. The summed E-state index contributed by atoms with van der Waals surface area (Å²) in [6.45, 7) is 1.64. The van der Waals surface area contributed by atoms with Crippen LogP contribution in [0.4, 0.5) is 0 Å². The molecule has 130 valence electrons. The van der Waals surface area contributed by atoms with Gasteiger partial charge in [-0.3, -0.25) is 4.79 Å². The summed E-state index contributed by atoms with van der Waals surface area (Å²) in [4.78, 5) is 23.1. The highest BCUT2D eigenvalue weighted by molar-refractivity contribution is 5.94. The maximum Gasteiger partial charge on any atom is 0.335 e. The van der Waals surface area contributed by atoms with Crippen LogP contribution in [0.3, 0.4) is 0 Å². The number of benzene rings is 2. The molecule has 1 heterocycles. The standard InChI is InChI=1S/C19H19NO5/c21-18(15-6-7-16-17(12-15)25-11-1-10-24-16)20-9-8-13-2-4-14(5-3-13)19(22)23/h2-7,12H,1,8-11H2,(H,20,21)(H,22,23). The monoisotopic (exact) mass is 341 g/mol. The summed E-state index contributed by atoms with van der Waals surface area (Å²) in [5.41, 5.74) is 1.73. The van der Waals surface area contributed by atoms with Crippen LogP contribution in [0.1, 0.15) is 32.7 Å². The topological polar surface area (TPSA) is 84.9 Å². The molecule has 0 spiro atoms. The quantitative estimate of drug-likeness (QED) is 0.873. The Morgan fingerprint density at radius 1 is 0.960 bits per heavy atom. The van der Waals surface area contributed by atoms with E-state index >= 15 is 0 Å². The molecule has 1 amide bonds. The fourth-order valence-corrected chi connectivity index (χ4v) is 2.54. The van der Waals surface area contributed by atoms with Crippen molar-refractivity contribution in [3.05, 3.63) is 59.2 Å². The summed E-state index contributed by atoms with van der Waals surface area (Å²) in [5.74, 6) is 0.119. The molecule has 0 aliphatic carbocycles. The number of carboxylic acid groups (broad SMARTS) is 1. The predicted octanol–water partition coefficient (Wildman–Crippen LogP) is 2.52. The van der Waals surface area contributed by atoms with Crippen LogP contribution < -0.4 is 14.8 Å². The first-order valence-electron chi connectivity index (χ1n) is 8.13. The van der Waals surface area contributed by atoms with Crippen molar-refractivity contribution in [3.63, 3.8) is 0 Å². The number of rotatable bonds is 5. The van der Waals surface area contributed by atoms with E-state index in [1.54, 1.807) is 42.5 Å². The molecule has 0 radical (unpaired) electrons. The van der Waals surface area contributed by atoms with Gasteiger partial charge in [-0.05, 0) is 42.3 Å². The van der Waals surface area contributed by atoms with Gasteiger partial charge in [0, 0.05) is 18.5 Å². The van der Waals surface area contributed by atoms with Gasteiger partial charge in [-0.15, -0.1) is 0 Å². The van der Waals surface area contributed by atoms with Gasteiger partial charge in [0.25, 0.3) is 5.91 Å². The maximum atomic E-state index is 12.3. The summed E-state index contributed by atoms with van der Waals surface area (Å²) < 4.78 is 11.1. The molecule has 2 aromatic carbocycles. The van der Waals surface area contributed by atoms with Gasteiger partial charge in [-0.1, -0.05) is 12.1 Å². The Hall–Kier alpha value is -3.02. The molecular formula is C19H19NO5. The third-order valence-corrected chi connectivity index (χ3v) is 3.91. The third kappa shape index (κ3) is 4.29. The molecular weight excluding hydrogens is 322 g/mol. The highest BCUT2D eigenvalue weighted by Crippen LogP contribution is 2.30. The second-order valence-corrected chi connectivity index (χ2v) is 5.72. The molecule has 0 atom stereocenters. The first-order chi connectivity index (χ1) is 12.1. The van der Waals surface area contributed by atoms with Gasteiger partial charge in [0.2, 0.25) is 0 Å². The Kier molecular flexibility index (Phi) is 5.18. The van der Waals surface area contributed by atoms with Gasteiger partial charge in [0.15, 0.2) is 11.5 Å². The van der Waals surface area contributed by atoms with E-state index in [2.05, 4.69) is 5.32 Å². The van der Waals surface area contributed by atoms with E-state index < -0.39 is 5.97 Å². The molecule has 0 fully saturated rings. The number of carbonyl (C=O) groups is 2. The van der Waals surface area contributed by atoms with Crippen LogP contribution >= 0.6 is 0 Å². The third-order valence-electron chi connectivity index (χ3n) is 3.91. The second-order valence-electron chi connectivity index (χ2n) is 5.72. The Morgan fingerprint density at radius 3 is 2.36 bits per heavy atom. The van der Waals surface area contributed by atoms with Crippen molar-refractivity contribution in [3.8, 4) is 11.5 Å². The average molecular weight is 341 g/mol. The molecule has 6 nitrogen and oxygen atoms in total. The SMILES string of the molecule is O=C(O)c1ccc(CCNC(=O)c2ccc3c(c2)OCCCO3)cc1. The average Bonchev–Trinajstić information content (AvgIpc) is 2.86. The van der Waals surface area contributed by atoms with Crippen molar-refractivity contribution in [2.75, 3.05) is 19.8 Å². The Bertz CT molecular complexity index is 770. The fraction of sp³-hybridized carbons (Fsp3) is 0.263. The summed E-state index contributed by atoms with van der Waals surface area (Å²) >= 11 is 0. The first kappa shape index (κ1) is 16.8. The predicted molar refractivity (Wildman–Crippen MR) is 91.5 cm³/mol. The largest absolute Gasteiger partial charge is 0.490 e. The van der Waals surface area contributed by atoms with Crippen LogP contribution in [0.25, 0.3) is 0 Å². The van der Waals surface area contributed by atoms with Crippen LogP contribution in [0.5, 0.6) is 11.5 Å². The second kappa shape index (κ2) is 7.70. The number of aromatic carboxylic acids is 1. The van der Waals surface area contributed by atoms with Crippen molar-refractivity contribution in [1.29, 1.82) is 0 Å². The minimum absolute atomic E-state index is 0.183. The fourth-order valence-electron chi connectivity index (χ4n) is 2.54. The van der Waals surface area contributed by atoms with Crippen LogP contribution in [0, 0.1) is 0 Å². The van der Waals surface area contributed by atoms with Gasteiger partial charge < -0.3 is 19.9 Å². The lowest BCUT2D eigenvalue weighted by atomic mass is 10.1. The number of carbonyl (C=O) groups excluding carboxylic acids is 1. The van der Waals surface area contributed by atoms with Crippen LogP contribution in [0.2, 0.25) is 0 Å². The van der Waals surface area contributed by atoms with E-state index in [1.807, 2.05) is 0 Å². The van der Waals surface area contributed by atoms with E-state index in [0.717, 1.165) is 12.0 Å². The van der Waals surface area contributed by atoms with E-state index in [1.165, 1.54) is 0 Å². The van der Waals surface area contributed by atoms with E-state index in [9.17, 15) is 9.59 Å². The van der Waals surface area contributed by atoms with Gasteiger partial charge in [0.1, 0.15) is 0 Å². The van der Waals surface area contributed by atoms with Crippen LogP contribution in [-0.4, -0.2) is 36.7 Å². The number of fused-ring (bicyclic) bond motifs is 1. The van der Waals surface area contributed by atoms with Crippen molar-refractivity contribution in [1.82, 2.24) is 5.32 Å². The smallest absolute Gasteiger partial charge is 0.335 e. The van der Waals surface area contributed by atoms with E-state index in [0.29, 0.717) is 43.2 Å². The summed E-state index contributed by atoms with van der Waals surface area (Å²) in [6.07, 6.45) is 1.44. The van der Waals surface area contributed by atoms with Crippen molar-refractivity contribution in [2.45, 2.75) is 12.8 Å². The number of hydrogen-bond acceptors (Lipinski definition) is 4. The number of carboxylic acids is 1. The highest BCUT2D eigenvalue weighted by Gasteiger charge is 2.14. The van der Waals surface area contributed by atoms with Crippen molar-refractivity contribution < 1.29 is 24.2 Å². The van der Waals surface area contributed by atoms with Crippen molar-refractivity contribution >= 4 is 11.9 Å². The minimum atomic E-state index is -0.950.